The molecule has 0 unspecified atom stereocenters. The summed E-state index contributed by atoms with van der Waals surface area (Å²) in [5.41, 5.74) is 0. The Balaban J connectivity index is 1.83. The number of carbonyl (C=O) groups excluding carboxylic acids is 1. The molecule has 15 heavy (non-hydrogen) atoms. The lowest BCUT2D eigenvalue weighted by Crippen LogP contribution is -2.45. The highest BCUT2D eigenvalue weighted by atomic mass is 16.2. The van der Waals surface area contributed by atoms with Crippen LogP contribution < -0.4 is 5.32 Å². The highest BCUT2D eigenvalue weighted by Crippen LogP contribution is 2.27. The first-order chi connectivity index (χ1) is 7.31. The fraction of sp³-hybridized carbons (Fsp3) is 0.750. The van der Waals surface area contributed by atoms with Crippen LogP contribution in [0.5, 0.6) is 0 Å². The molecule has 0 spiro atoms. The van der Waals surface area contributed by atoms with Gasteiger partial charge in [-0.15, -0.1) is 6.58 Å². The second-order valence-corrected chi connectivity index (χ2v) is 4.60. The van der Waals surface area contributed by atoms with Crippen LogP contribution in [0.15, 0.2) is 12.7 Å². The van der Waals surface area contributed by atoms with Gasteiger partial charge in [0, 0.05) is 18.6 Å². The van der Waals surface area contributed by atoms with Crippen molar-refractivity contribution in [1.82, 2.24) is 10.2 Å². The molecule has 0 aromatic carbocycles. The van der Waals surface area contributed by atoms with Gasteiger partial charge in [0.05, 0.1) is 0 Å². The van der Waals surface area contributed by atoms with Crippen molar-refractivity contribution in [3.63, 3.8) is 0 Å². The average Bonchev–Trinajstić information content (AvgIpc) is 2.93. The topological polar surface area (TPSA) is 32.3 Å². The maximum absolute atomic E-state index is 11.9. The number of urea groups is 1. The molecule has 0 aliphatic heterocycles. The van der Waals surface area contributed by atoms with Crippen molar-refractivity contribution in [3.05, 3.63) is 12.7 Å². The summed E-state index contributed by atoms with van der Waals surface area (Å²) in [5, 5.41) is 3.12. The molecule has 0 aromatic heterocycles. The van der Waals surface area contributed by atoms with Gasteiger partial charge in [0.1, 0.15) is 0 Å². The summed E-state index contributed by atoms with van der Waals surface area (Å²) in [6, 6.07) is 1.01. The molecule has 0 bridgehead atoms. The molecule has 2 amide bonds. The maximum Gasteiger partial charge on any atom is 0.318 e. The number of carbonyl (C=O) groups is 1. The zero-order chi connectivity index (χ0) is 10.7. The minimum atomic E-state index is 0.115. The molecule has 3 heteroatoms. The number of nitrogens with zero attached hydrogens (tertiary/aromatic N) is 1. The predicted octanol–water partition coefficient (Wildman–Crippen LogP) is 2.29. The van der Waals surface area contributed by atoms with Crippen molar-refractivity contribution in [2.45, 2.75) is 50.6 Å². The molecule has 0 saturated heterocycles. The third kappa shape index (κ3) is 2.74. The fourth-order valence-electron chi connectivity index (χ4n) is 2.25. The summed E-state index contributed by atoms with van der Waals surface area (Å²) < 4.78 is 0. The summed E-state index contributed by atoms with van der Waals surface area (Å²) in [6.45, 7) is 4.39. The van der Waals surface area contributed by atoms with Crippen molar-refractivity contribution in [3.8, 4) is 0 Å². The number of amides is 2. The van der Waals surface area contributed by atoms with Crippen LogP contribution >= 0.6 is 0 Å². The molecule has 84 valence electrons. The highest BCUT2D eigenvalue weighted by Gasteiger charge is 2.32. The molecular formula is C12H20N2O. The molecule has 2 aliphatic carbocycles. The smallest absolute Gasteiger partial charge is 0.318 e. The van der Waals surface area contributed by atoms with Crippen molar-refractivity contribution in [2.24, 2.45) is 0 Å². The minimum absolute atomic E-state index is 0.115. The van der Waals surface area contributed by atoms with Gasteiger partial charge in [-0.2, -0.15) is 0 Å². The van der Waals surface area contributed by atoms with Crippen LogP contribution in [0.2, 0.25) is 0 Å². The monoisotopic (exact) mass is 208 g/mol. The molecule has 2 aliphatic rings. The maximum atomic E-state index is 11.9. The van der Waals surface area contributed by atoms with E-state index in [1.165, 1.54) is 12.8 Å². The summed E-state index contributed by atoms with van der Waals surface area (Å²) in [7, 11) is 0. The zero-order valence-corrected chi connectivity index (χ0v) is 9.24. The summed E-state index contributed by atoms with van der Waals surface area (Å²) in [5.74, 6) is 0. The Kier molecular flexibility index (Phi) is 3.29. The van der Waals surface area contributed by atoms with E-state index in [0.717, 1.165) is 25.7 Å². The third-order valence-electron chi connectivity index (χ3n) is 3.26. The fourth-order valence-corrected chi connectivity index (χ4v) is 2.25. The van der Waals surface area contributed by atoms with Crippen LogP contribution in [-0.2, 0) is 0 Å². The van der Waals surface area contributed by atoms with Crippen molar-refractivity contribution in [1.29, 1.82) is 0 Å². The van der Waals surface area contributed by atoms with E-state index in [1.807, 2.05) is 11.0 Å². The Morgan fingerprint density at radius 1 is 1.33 bits per heavy atom. The molecule has 2 fully saturated rings. The van der Waals surface area contributed by atoms with Crippen molar-refractivity contribution < 1.29 is 4.79 Å². The van der Waals surface area contributed by atoms with Gasteiger partial charge in [-0.1, -0.05) is 18.9 Å². The second-order valence-electron chi connectivity index (χ2n) is 4.60. The zero-order valence-electron chi connectivity index (χ0n) is 9.24. The van der Waals surface area contributed by atoms with Gasteiger partial charge in [-0.05, 0) is 25.7 Å². The SMILES string of the molecule is C=CCN(C(=O)NC1CCCC1)C1CC1. The second kappa shape index (κ2) is 4.69. The number of rotatable bonds is 4. The van der Waals surface area contributed by atoms with E-state index in [2.05, 4.69) is 11.9 Å². The largest absolute Gasteiger partial charge is 0.335 e. The first-order valence-electron chi connectivity index (χ1n) is 5.99. The first kappa shape index (κ1) is 10.5. The van der Waals surface area contributed by atoms with E-state index >= 15 is 0 Å². The summed E-state index contributed by atoms with van der Waals surface area (Å²) >= 11 is 0. The van der Waals surface area contributed by atoms with Crippen LogP contribution in [-0.4, -0.2) is 29.6 Å². The summed E-state index contributed by atoms with van der Waals surface area (Å²) in [4.78, 5) is 13.9. The molecule has 0 heterocycles. The molecule has 1 N–H and O–H groups in total. The Morgan fingerprint density at radius 2 is 2.00 bits per heavy atom. The van der Waals surface area contributed by atoms with E-state index in [1.54, 1.807) is 0 Å². The molecule has 0 radical (unpaired) electrons. The van der Waals surface area contributed by atoms with Gasteiger partial charge >= 0.3 is 6.03 Å². The summed E-state index contributed by atoms with van der Waals surface area (Å²) in [6.07, 6.45) is 8.95. The number of hydrogen-bond acceptors (Lipinski definition) is 1. The van der Waals surface area contributed by atoms with Gasteiger partial charge in [0.2, 0.25) is 0 Å². The van der Waals surface area contributed by atoms with E-state index in [9.17, 15) is 4.79 Å². The number of nitrogens with one attached hydrogen (secondary N) is 1. The highest BCUT2D eigenvalue weighted by molar-refractivity contribution is 5.75. The standard InChI is InChI=1S/C12H20N2O/c1-2-9-14(11-7-8-11)12(15)13-10-5-3-4-6-10/h2,10-11H,1,3-9H2,(H,13,15). The molecule has 0 aromatic rings. The van der Waals surface area contributed by atoms with Gasteiger partial charge < -0.3 is 10.2 Å². The Bertz CT molecular complexity index is 242. The van der Waals surface area contributed by atoms with E-state index in [0.29, 0.717) is 18.6 Å². The van der Waals surface area contributed by atoms with Crippen molar-refractivity contribution >= 4 is 6.03 Å². The van der Waals surface area contributed by atoms with Gasteiger partial charge in [-0.25, -0.2) is 4.79 Å². The molecule has 2 saturated carbocycles. The quantitative estimate of drug-likeness (QED) is 0.706. The Labute approximate surface area is 91.5 Å². The molecule has 3 nitrogen and oxygen atoms in total. The average molecular weight is 208 g/mol. The van der Waals surface area contributed by atoms with Crippen LogP contribution in [0.3, 0.4) is 0 Å². The lowest BCUT2D eigenvalue weighted by molar-refractivity contribution is 0.196. The van der Waals surface area contributed by atoms with Crippen LogP contribution in [0.1, 0.15) is 38.5 Å². The Hall–Kier alpha value is -0.990. The normalized spacial score (nSPS) is 21.3. The number of hydrogen-bond donors (Lipinski definition) is 1. The van der Waals surface area contributed by atoms with Gasteiger partial charge in [0.25, 0.3) is 0 Å². The van der Waals surface area contributed by atoms with Crippen LogP contribution in [0.4, 0.5) is 4.79 Å². The predicted molar refractivity (Wildman–Crippen MR) is 60.7 cm³/mol. The van der Waals surface area contributed by atoms with Gasteiger partial charge in [-0.3, -0.25) is 0 Å². The molecule has 2 rings (SSSR count). The van der Waals surface area contributed by atoms with Crippen LogP contribution in [0, 0.1) is 0 Å². The van der Waals surface area contributed by atoms with E-state index < -0.39 is 0 Å². The van der Waals surface area contributed by atoms with Crippen molar-refractivity contribution in [2.75, 3.05) is 6.54 Å². The van der Waals surface area contributed by atoms with E-state index in [-0.39, 0.29) is 6.03 Å². The van der Waals surface area contributed by atoms with Gasteiger partial charge in [0.15, 0.2) is 0 Å². The first-order valence-corrected chi connectivity index (χ1v) is 5.99. The molecule has 0 atom stereocenters. The molecular weight excluding hydrogens is 188 g/mol. The minimum Gasteiger partial charge on any atom is -0.335 e. The lowest BCUT2D eigenvalue weighted by atomic mass is 10.2. The lowest BCUT2D eigenvalue weighted by Gasteiger charge is -2.23. The van der Waals surface area contributed by atoms with Crippen LogP contribution in [0.25, 0.3) is 0 Å². The Morgan fingerprint density at radius 3 is 2.53 bits per heavy atom. The third-order valence-corrected chi connectivity index (χ3v) is 3.26. The van der Waals surface area contributed by atoms with E-state index in [4.69, 9.17) is 0 Å².